The summed E-state index contributed by atoms with van der Waals surface area (Å²) in [6, 6.07) is 55.7. The molecule has 0 aliphatic heterocycles. The monoisotopic (exact) mass is 659 g/mol. The van der Waals surface area contributed by atoms with Gasteiger partial charge in [0.05, 0.1) is 0 Å². The topological polar surface area (TPSA) is 61.7 Å². The first kappa shape index (κ1) is 29.7. The van der Waals surface area contributed by atoms with Crippen LogP contribution in [-0.2, 0) is 0 Å². The number of aliphatic imine (C=N–C) groups is 2. The summed E-state index contributed by atoms with van der Waals surface area (Å²) in [5, 5.41) is 13.2. The molecule has 236 valence electrons. The Kier molecular flexibility index (Phi) is 7.45. The first-order valence-electron chi connectivity index (χ1n) is 16.5. The smallest absolute Gasteiger partial charge is 0.161 e. The SMILES string of the molecule is N=C(N=C(N=Cc1cccc2oc3ccc(-c4cccc5sc6c(-c7ccccc7)cccc6c45)cc3c12)c1ccccc1)c1ccccc1. The van der Waals surface area contributed by atoms with Gasteiger partial charge in [-0.15, -0.1) is 11.3 Å². The van der Waals surface area contributed by atoms with Gasteiger partial charge in [-0.1, -0.05) is 140 Å². The van der Waals surface area contributed by atoms with Gasteiger partial charge in [0.2, 0.25) is 0 Å². The lowest BCUT2D eigenvalue weighted by atomic mass is 9.96. The number of nitrogens with one attached hydrogen (secondary N) is 1. The maximum absolute atomic E-state index is 8.69. The predicted molar refractivity (Wildman–Crippen MR) is 211 cm³/mol. The van der Waals surface area contributed by atoms with Crippen LogP contribution in [-0.4, -0.2) is 17.9 Å². The van der Waals surface area contributed by atoms with E-state index in [1.807, 2.05) is 90.3 Å². The number of amidine groups is 2. The van der Waals surface area contributed by atoms with E-state index >= 15 is 0 Å². The summed E-state index contributed by atoms with van der Waals surface area (Å²) in [6.07, 6.45) is 1.84. The lowest BCUT2D eigenvalue weighted by Crippen LogP contribution is -2.04. The number of furan rings is 1. The number of nitrogens with zero attached hydrogens (tertiary/aromatic N) is 2. The maximum Gasteiger partial charge on any atom is 0.161 e. The van der Waals surface area contributed by atoms with Gasteiger partial charge in [-0.2, -0.15) is 0 Å². The molecular formula is C45H29N3OS. The molecule has 0 radical (unpaired) electrons. The Bertz CT molecular complexity index is 2760. The third kappa shape index (κ3) is 5.30. The van der Waals surface area contributed by atoms with Gasteiger partial charge >= 0.3 is 0 Å². The second-order valence-electron chi connectivity index (χ2n) is 12.1. The van der Waals surface area contributed by atoms with Gasteiger partial charge in [-0.05, 0) is 46.5 Å². The first-order valence-corrected chi connectivity index (χ1v) is 17.3. The molecule has 2 heterocycles. The Labute approximate surface area is 292 Å². The summed E-state index contributed by atoms with van der Waals surface area (Å²) < 4.78 is 8.94. The molecule has 2 aromatic heterocycles. The molecule has 5 heteroatoms. The average molecular weight is 660 g/mol. The van der Waals surface area contributed by atoms with Crippen molar-refractivity contribution in [3.8, 4) is 22.3 Å². The standard InChI is InChI=1S/C45H29N3OS/c46-44(30-15-6-2-7-16-30)48-45(31-17-8-3-9-18-31)47-28-33-19-10-23-39-41(33)37-27-32(25-26-38(37)49-39)34-20-12-24-40-42(34)36-22-11-21-35(43(36)50-40)29-13-4-1-5-14-29/h1-28,46H. The van der Waals surface area contributed by atoms with Crippen LogP contribution in [0.3, 0.4) is 0 Å². The quantitative estimate of drug-likeness (QED) is 0.145. The molecular weight excluding hydrogens is 631 g/mol. The van der Waals surface area contributed by atoms with Crippen LogP contribution < -0.4 is 0 Å². The summed E-state index contributed by atoms with van der Waals surface area (Å²) in [5.41, 5.74) is 8.91. The molecule has 9 rings (SSSR count). The van der Waals surface area contributed by atoms with E-state index in [9.17, 15) is 0 Å². The Morgan fingerprint density at radius 2 is 1.26 bits per heavy atom. The van der Waals surface area contributed by atoms with Crippen LogP contribution in [0.4, 0.5) is 0 Å². The minimum absolute atomic E-state index is 0.157. The van der Waals surface area contributed by atoms with E-state index in [2.05, 4.69) is 96.0 Å². The Hall–Kier alpha value is -6.43. The van der Waals surface area contributed by atoms with E-state index in [1.54, 1.807) is 0 Å². The third-order valence-corrected chi connectivity index (χ3v) is 10.3. The second kappa shape index (κ2) is 12.5. The molecule has 9 aromatic rings. The zero-order valence-electron chi connectivity index (χ0n) is 26.9. The molecule has 4 nitrogen and oxygen atoms in total. The highest BCUT2D eigenvalue weighted by atomic mass is 32.1. The van der Waals surface area contributed by atoms with Crippen LogP contribution in [0, 0.1) is 5.41 Å². The highest BCUT2D eigenvalue weighted by Gasteiger charge is 2.17. The van der Waals surface area contributed by atoms with Crippen LogP contribution in [0.15, 0.2) is 178 Å². The molecule has 0 saturated carbocycles. The molecule has 0 atom stereocenters. The van der Waals surface area contributed by atoms with Gasteiger partial charge in [-0.25, -0.2) is 9.98 Å². The largest absolute Gasteiger partial charge is 0.456 e. The van der Waals surface area contributed by atoms with Crippen LogP contribution in [0.5, 0.6) is 0 Å². The van der Waals surface area contributed by atoms with E-state index < -0.39 is 0 Å². The fourth-order valence-corrected chi connectivity index (χ4v) is 7.98. The minimum atomic E-state index is 0.157. The van der Waals surface area contributed by atoms with Crippen molar-refractivity contribution in [3.05, 3.63) is 180 Å². The number of thiophene rings is 1. The van der Waals surface area contributed by atoms with Crippen molar-refractivity contribution in [2.24, 2.45) is 9.98 Å². The van der Waals surface area contributed by atoms with Crippen LogP contribution >= 0.6 is 11.3 Å². The van der Waals surface area contributed by atoms with Crippen molar-refractivity contribution in [3.63, 3.8) is 0 Å². The summed E-state index contributed by atoms with van der Waals surface area (Å²) >= 11 is 1.85. The van der Waals surface area contributed by atoms with E-state index in [0.717, 1.165) is 44.2 Å². The van der Waals surface area contributed by atoms with Crippen molar-refractivity contribution >= 4 is 71.3 Å². The third-order valence-electron chi connectivity index (χ3n) is 9.07. The molecule has 50 heavy (non-hydrogen) atoms. The van der Waals surface area contributed by atoms with E-state index in [0.29, 0.717) is 5.84 Å². The van der Waals surface area contributed by atoms with Crippen molar-refractivity contribution in [2.45, 2.75) is 0 Å². The zero-order valence-corrected chi connectivity index (χ0v) is 27.7. The summed E-state index contributed by atoms with van der Waals surface area (Å²) in [7, 11) is 0. The predicted octanol–water partition coefficient (Wildman–Crippen LogP) is 12.2. The zero-order chi connectivity index (χ0) is 33.4. The molecule has 0 saturated heterocycles. The van der Waals surface area contributed by atoms with Crippen LogP contribution in [0.2, 0.25) is 0 Å². The molecule has 0 spiro atoms. The lowest BCUT2D eigenvalue weighted by Gasteiger charge is -2.07. The van der Waals surface area contributed by atoms with Gasteiger partial charge in [0.1, 0.15) is 11.2 Å². The lowest BCUT2D eigenvalue weighted by molar-refractivity contribution is 0.669. The van der Waals surface area contributed by atoms with Gasteiger partial charge in [0.25, 0.3) is 0 Å². The number of rotatable bonds is 5. The first-order chi connectivity index (χ1) is 24.7. The number of hydrogen-bond donors (Lipinski definition) is 1. The summed E-state index contributed by atoms with van der Waals surface area (Å²) in [4.78, 5) is 9.56. The minimum Gasteiger partial charge on any atom is -0.456 e. The Balaban J connectivity index is 1.17. The fourth-order valence-electron chi connectivity index (χ4n) is 6.72. The van der Waals surface area contributed by atoms with E-state index in [1.165, 1.54) is 36.9 Å². The van der Waals surface area contributed by atoms with Crippen molar-refractivity contribution in [1.29, 1.82) is 5.41 Å². The number of benzene rings is 7. The van der Waals surface area contributed by atoms with Gasteiger partial charge in [0, 0.05) is 53.8 Å². The van der Waals surface area contributed by atoms with Crippen molar-refractivity contribution in [1.82, 2.24) is 0 Å². The van der Waals surface area contributed by atoms with E-state index in [-0.39, 0.29) is 5.84 Å². The average Bonchev–Trinajstić information content (AvgIpc) is 3.76. The fraction of sp³-hybridized carbons (Fsp3) is 0. The van der Waals surface area contributed by atoms with Crippen LogP contribution in [0.25, 0.3) is 64.4 Å². The molecule has 0 aliphatic carbocycles. The van der Waals surface area contributed by atoms with Crippen LogP contribution in [0.1, 0.15) is 16.7 Å². The van der Waals surface area contributed by atoms with Gasteiger partial charge < -0.3 is 4.42 Å². The summed E-state index contributed by atoms with van der Waals surface area (Å²) in [6.45, 7) is 0. The van der Waals surface area contributed by atoms with Crippen molar-refractivity contribution < 1.29 is 4.42 Å². The second-order valence-corrected chi connectivity index (χ2v) is 13.2. The summed E-state index contributed by atoms with van der Waals surface area (Å²) in [5.74, 6) is 0.625. The molecule has 1 N–H and O–H groups in total. The molecule has 0 amide bonds. The normalized spacial score (nSPS) is 12.1. The number of hydrogen-bond acceptors (Lipinski definition) is 3. The number of fused-ring (bicyclic) bond motifs is 6. The molecule has 0 bridgehead atoms. The Morgan fingerprint density at radius 3 is 2.06 bits per heavy atom. The molecule has 0 aliphatic rings. The van der Waals surface area contributed by atoms with E-state index in [4.69, 9.17) is 14.8 Å². The van der Waals surface area contributed by atoms with Crippen molar-refractivity contribution in [2.75, 3.05) is 0 Å². The highest BCUT2D eigenvalue weighted by Crippen LogP contribution is 2.44. The van der Waals surface area contributed by atoms with Gasteiger partial charge in [-0.3, -0.25) is 5.41 Å². The van der Waals surface area contributed by atoms with Gasteiger partial charge in [0.15, 0.2) is 11.7 Å². The maximum atomic E-state index is 8.69. The Morgan fingerprint density at radius 1 is 0.560 bits per heavy atom. The highest BCUT2D eigenvalue weighted by molar-refractivity contribution is 7.26. The molecule has 0 fully saturated rings. The molecule has 7 aromatic carbocycles. The molecule has 0 unspecified atom stereocenters.